The summed E-state index contributed by atoms with van der Waals surface area (Å²) >= 11 is 0. The van der Waals surface area contributed by atoms with Crippen molar-refractivity contribution in [3.05, 3.63) is 28.3 Å². The number of nitrogens with zero attached hydrogens (tertiary/aromatic N) is 1. The molecule has 1 aromatic rings. The summed E-state index contributed by atoms with van der Waals surface area (Å²) in [6.45, 7) is 1.80. The van der Waals surface area contributed by atoms with Crippen LogP contribution in [-0.2, 0) is 14.8 Å². The van der Waals surface area contributed by atoms with Gasteiger partial charge in [-0.15, -0.1) is 0 Å². The Morgan fingerprint density at radius 3 is 2.54 bits per heavy atom. The average molecular weight is 393 g/mol. The number of carboxylic acid groups (broad SMARTS) is 1. The second kappa shape index (κ2) is 9.40. The first-order chi connectivity index (χ1) is 12.1. The monoisotopic (exact) mass is 393 g/mol. The van der Waals surface area contributed by atoms with Crippen molar-refractivity contribution in [2.75, 3.05) is 26.4 Å². The third kappa shape index (κ3) is 6.54. The fourth-order valence-electron chi connectivity index (χ4n) is 2.30. The molecule has 0 unspecified atom stereocenters. The van der Waals surface area contributed by atoms with Gasteiger partial charge in [0.2, 0.25) is 10.0 Å². The Kier molecular flexibility index (Phi) is 7.86. The summed E-state index contributed by atoms with van der Waals surface area (Å²) in [5.41, 5.74) is -0.491. The van der Waals surface area contributed by atoms with Gasteiger partial charge in [0.15, 0.2) is 5.75 Å². The molecule has 0 aliphatic carbocycles. The standard InChI is InChI=1S/C12H16FN3O5S.C2H4O2/c13-4-8-5-15-6-9(8)7-21-12-2-1-10(22(14,19)20)3-11(12)16(17)18;1-2(3)4/h1-3,8-9,15H,4-7H2,(H2,14,19,20);1H3,(H,3,4)/t8-,9+;/m1./s1. The molecule has 0 radical (unpaired) electrons. The molecule has 2 rings (SSSR count). The highest BCUT2D eigenvalue weighted by molar-refractivity contribution is 7.89. The van der Waals surface area contributed by atoms with E-state index in [9.17, 15) is 22.9 Å². The van der Waals surface area contributed by atoms with E-state index < -0.39 is 33.3 Å². The lowest BCUT2D eigenvalue weighted by Gasteiger charge is -2.16. The molecule has 1 aromatic carbocycles. The molecule has 0 bridgehead atoms. The topological polar surface area (TPSA) is 162 Å². The van der Waals surface area contributed by atoms with Crippen LogP contribution in [0.5, 0.6) is 5.75 Å². The van der Waals surface area contributed by atoms with Crippen LogP contribution in [-0.4, -0.2) is 50.8 Å². The van der Waals surface area contributed by atoms with Gasteiger partial charge in [0.25, 0.3) is 5.97 Å². The molecular formula is C14H20FN3O7S. The van der Waals surface area contributed by atoms with Crippen LogP contribution >= 0.6 is 0 Å². The molecule has 1 aliphatic heterocycles. The van der Waals surface area contributed by atoms with Gasteiger partial charge < -0.3 is 15.2 Å². The number of nitrogens with one attached hydrogen (secondary N) is 1. The number of rotatable bonds is 6. The first kappa shape index (κ1) is 21.7. The number of halogens is 1. The van der Waals surface area contributed by atoms with Crippen LogP contribution in [0.25, 0.3) is 0 Å². The Morgan fingerprint density at radius 2 is 2.04 bits per heavy atom. The number of carboxylic acids is 1. The molecule has 1 heterocycles. The first-order valence-electron chi connectivity index (χ1n) is 7.46. The second-order valence-corrected chi connectivity index (χ2v) is 7.16. The summed E-state index contributed by atoms with van der Waals surface area (Å²) in [6.07, 6.45) is 0. The molecule has 0 saturated carbocycles. The number of sulfonamides is 1. The molecule has 146 valence electrons. The van der Waals surface area contributed by atoms with Gasteiger partial charge in [0.05, 0.1) is 23.1 Å². The van der Waals surface area contributed by atoms with Gasteiger partial charge in [-0.25, -0.2) is 13.6 Å². The number of hydrogen-bond acceptors (Lipinski definition) is 7. The van der Waals surface area contributed by atoms with Crippen molar-refractivity contribution in [2.45, 2.75) is 11.8 Å². The molecule has 10 nitrogen and oxygen atoms in total. The molecule has 0 spiro atoms. The quantitative estimate of drug-likeness (QED) is 0.465. The smallest absolute Gasteiger partial charge is 0.312 e. The van der Waals surface area contributed by atoms with Gasteiger partial charge in [-0.2, -0.15) is 0 Å². The van der Waals surface area contributed by atoms with Gasteiger partial charge in [0.1, 0.15) is 0 Å². The first-order valence-corrected chi connectivity index (χ1v) is 9.01. The van der Waals surface area contributed by atoms with E-state index in [4.69, 9.17) is 19.8 Å². The molecule has 1 aliphatic rings. The number of primary sulfonamides is 1. The van der Waals surface area contributed by atoms with E-state index in [2.05, 4.69) is 5.32 Å². The predicted molar refractivity (Wildman–Crippen MR) is 89.1 cm³/mol. The van der Waals surface area contributed by atoms with Crippen LogP contribution in [0.4, 0.5) is 10.1 Å². The Labute approximate surface area is 149 Å². The number of nitro groups is 1. The van der Waals surface area contributed by atoms with Crippen LogP contribution in [0.1, 0.15) is 6.92 Å². The molecular weight excluding hydrogens is 373 g/mol. The van der Waals surface area contributed by atoms with Crippen molar-refractivity contribution in [1.82, 2.24) is 5.32 Å². The number of ether oxygens (including phenoxy) is 1. The van der Waals surface area contributed by atoms with E-state index in [0.29, 0.717) is 13.1 Å². The summed E-state index contributed by atoms with van der Waals surface area (Å²) in [5, 5.41) is 26.4. The van der Waals surface area contributed by atoms with Crippen molar-refractivity contribution in [3.63, 3.8) is 0 Å². The van der Waals surface area contributed by atoms with Gasteiger partial charge >= 0.3 is 5.69 Å². The maximum Gasteiger partial charge on any atom is 0.312 e. The number of benzene rings is 1. The molecule has 4 N–H and O–H groups in total. The molecule has 12 heteroatoms. The summed E-state index contributed by atoms with van der Waals surface area (Å²) in [4.78, 5) is 18.9. The summed E-state index contributed by atoms with van der Waals surface area (Å²) in [6, 6.07) is 3.17. The SMILES string of the molecule is CC(=O)O.NS(=O)(=O)c1ccc(OC[C@@H]2CNC[C@H]2CF)c([N+](=O)[O-])c1. The summed E-state index contributed by atoms with van der Waals surface area (Å²) in [7, 11) is -4.04. The maximum absolute atomic E-state index is 12.8. The Balaban J connectivity index is 0.000000765. The van der Waals surface area contributed by atoms with Crippen LogP contribution in [0, 0.1) is 22.0 Å². The molecule has 0 aromatic heterocycles. The van der Waals surface area contributed by atoms with Crippen LogP contribution in [0.2, 0.25) is 0 Å². The highest BCUT2D eigenvalue weighted by Crippen LogP contribution is 2.30. The Morgan fingerprint density at radius 1 is 1.46 bits per heavy atom. The number of nitrogens with two attached hydrogens (primary N) is 1. The zero-order valence-electron chi connectivity index (χ0n) is 13.9. The highest BCUT2D eigenvalue weighted by atomic mass is 32.2. The molecule has 2 atom stereocenters. The normalized spacial score (nSPS) is 19.3. The van der Waals surface area contributed by atoms with E-state index >= 15 is 0 Å². The van der Waals surface area contributed by atoms with E-state index in [1.807, 2.05) is 0 Å². The maximum atomic E-state index is 12.8. The van der Waals surface area contributed by atoms with Gasteiger partial charge in [0, 0.05) is 37.9 Å². The molecule has 0 amide bonds. The van der Waals surface area contributed by atoms with Crippen molar-refractivity contribution < 1.29 is 32.4 Å². The van der Waals surface area contributed by atoms with Crippen molar-refractivity contribution in [2.24, 2.45) is 17.0 Å². The third-order valence-electron chi connectivity index (χ3n) is 3.59. The van der Waals surface area contributed by atoms with Crippen LogP contribution in [0.3, 0.4) is 0 Å². The Bertz CT molecular complexity index is 753. The number of hydrogen-bond donors (Lipinski definition) is 3. The summed E-state index contributed by atoms with van der Waals surface area (Å²) in [5.74, 6) is -1.19. The molecule has 26 heavy (non-hydrogen) atoms. The van der Waals surface area contributed by atoms with Crippen molar-refractivity contribution in [1.29, 1.82) is 0 Å². The minimum absolute atomic E-state index is 0.0677. The second-order valence-electron chi connectivity index (χ2n) is 5.59. The lowest BCUT2D eigenvalue weighted by Crippen LogP contribution is -2.22. The lowest BCUT2D eigenvalue weighted by atomic mass is 9.98. The minimum Gasteiger partial charge on any atom is -0.486 e. The fourth-order valence-corrected chi connectivity index (χ4v) is 2.83. The Hall–Kier alpha value is -2.31. The van der Waals surface area contributed by atoms with E-state index in [1.165, 1.54) is 6.07 Å². The highest BCUT2D eigenvalue weighted by Gasteiger charge is 2.28. The zero-order chi connectivity index (χ0) is 19.9. The van der Waals surface area contributed by atoms with Crippen LogP contribution in [0.15, 0.2) is 23.1 Å². The van der Waals surface area contributed by atoms with Crippen LogP contribution < -0.4 is 15.2 Å². The van der Waals surface area contributed by atoms with E-state index in [1.54, 1.807) is 0 Å². The fraction of sp³-hybridized carbons (Fsp3) is 0.500. The largest absolute Gasteiger partial charge is 0.486 e. The van der Waals surface area contributed by atoms with E-state index in [0.717, 1.165) is 19.1 Å². The zero-order valence-corrected chi connectivity index (χ0v) is 14.7. The van der Waals surface area contributed by atoms with E-state index in [-0.39, 0.29) is 29.1 Å². The lowest BCUT2D eigenvalue weighted by molar-refractivity contribution is -0.386. The van der Waals surface area contributed by atoms with Crippen molar-refractivity contribution in [3.8, 4) is 5.75 Å². The molecule has 1 saturated heterocycles. The predicted octanol–water partition coefficient (Wildman–Crippen LogP) is 0.517. The van der Waals surface area contributed by atoms with Crippen molar-refractivity contribution >= 4 is 21.7 Å². The summed E-state index contributed by atoms with van der Waals surface area (Å²) < 4.78 is 40.6. The molecule has 1 fully saturated rings. The third-order valence-corrected chi connectivity index (χ3v) is 4.50. The number of alkyl halides is 1. The van der Waals surface area contributed by atoms with Gasteiger partial charge in [-0.1, -0.05) is 0 Å². The number of carbonyl (C=O) groups is 1. The number of aliphatic carboxylic acids is 1. The van der Waals surface area contributed by atoms with Gasteiger partial charge in [-0.05, 0) is 12.1 Å². The minimum atomic E-state index is -4.04. The van der Waals surface area contributed by atoms with Gasteiger partial charge in [-0.3, -0.25) is 19.3 Å². The number of nitro benzene ring substituents is 1. The average Bonchev–Trinajstić information content (AvgIpc) is 2.98.